The van der Waals surface area contributed by atoms with Crippen LogP contribution in [0.2, 0.25) is 10.0 Å². The largest absolute Gasteiger partial charge is 0.493 e. The summed E-state index contributed by atoms with van der Waals surface area (Å²) in [5.74, 6) is -0.264. The Balaban J connectivity index is 1.90. The lowest BCUT2D eigenvalue weighted by Gasteiger charge is -2.14. The Kier molecular flexibility index (Phi) is 8.76. The highest BCUT2D eigenvalue weighted by Gasteiger charge is 2.15. The maximum atomic E-state index is 11.9. The van der Waals surface area contributed by atoms with Gasteiger partial charge in [0.1, 0.15) is 0 Å². The van der Waals surface area contributed by atoms with Crippen LogP contribution in [0.25, 0.3) is 0 Å². The summed E-state index contributed by atoms with van der Waals surface area (Å²) in [4.78, 5) is 23.8. The molecule has 0 aliphatic carbocycles. The molecule has 0 saturated heterocycles. The second kappa shape index (κ2) is 11.3. The molecular formula is C20H21Cl2N3O5. The number of rotatable bonds is 8. The van der Waals surface area contributed by atoms with Crippen LogP contribution in [0.5, 0.6) is 17.2 Å². The summed E-state index contributed by atoms with van der Waals surface area (Å²) in [5.41, 5.74) is 3.39. The standard InChI is InChI=1S/C20H21Cl2N3O5/c1-28-16-9-12(10-17(29-2)18(16)30-3)7-8-23-19(26)20(27)25-24-11-13-14(21)5-4-6-15(13)22/h4-6,9-11H,7-8H2,1-3H3,(H,23,26)(H,25,27)/b24-11-. The maximum Gasteiger partial charge on any atom is 0.329 e. The average molecular weight is 454 g/mol. The van der Waals surface area contributed by atoms with Crippen molar-refractivity contribution in [1.82, 2.24) is 10.7 Å². The molecule has 0 heterocycles. The van der Waals surface area contributed by atoms with E-state index in [0.29, 0.717) is 39.3 Å². The van der Waals surface area contributed by atoms with Gasteiger partial charge < -0.3 is 19.5 Å². The van der Waals surface area contributed by atoms with E-state index in [9.17, 15) is 9.59 Å². The third kappa shape index (κ3) is 6.01. The Labute approximate surface area is 184 Å². The van der Waals surface area contributed by atoms with E-state index in [1.165, 1.54) is 27.5 Å². The minimum Gasteiger partial charge on any atom is -0.493 e. The molecule has 2 amide bonds. The first-order chi connectivity index (χ1) is 14.4. The first-order valence-corrected chi connectivity index (χ1v) is 9.51. The molecule has 2 aromatic carbocycles. The number of ether oxygens (including phenoxy) is 3. The van der Waals surface area contributed by atoms with Crippen LogP contribution in [-0.4, -0.2) is 45.9 Å². The summed E-state index contributed by atoms with van der Waals surface area (Å²) in [7, 11) is 4.55. The molecule has 30 heavy (non-hydrogen) atoms. The number of hydrogen-bond acceptors (Lipinski definition) is 6. The Hall–Kier alpha value is -2.97. The fourth-order valence-electron chi connectivity index (χ4n) is 2.52. The fraction of sp³-hybridized carbons (Fsp3) is 0.250. The van der Waals surface area contributed by atoms with Gasteiger partial charge in [0.05, 0.1) is 37.6 Å². The van der Waals surface area contributed by atoms with Crippen LogP contribution in [0.3, 0.4) is 0 Å². The first-order valence-electron chi connectivity index (χ1n) is 8.75. The van der Waals surface area contributed by atoms with Crippen LogP contribution in [0.1, 0.15) is 11.1 Å². The second-order valence-electron chi connectivity index (χ2n) is 5.87. The zero-order chi connectivity index (χ0) is 22.1. The summed E-state index contributed by atoms with van der Waals surface area (Å²) < 4.78 is 15.9. The molecule has 2 rings (SSSR count). The number of hydrogen-bond donors (Lipinski definition) is 2. The number of hydrazone groups is 1. The Morgan fingerprint density at radius 2 is 1.60 bits per heavy atom. The monoisotopic (exact) mass is 453 g/mol. The van der Waals surface area contributed by atoms with Crippen LogP contribution < -0.4 is 25.0 Å². The van der Waals surface area contributed by atoms with Crippen LogP contribution in [0.15, 0.2) is 35.4 Å². The molecule has 0 radical (unpaired) electrons. The molecule has 0 atom stereocenters. The quantitative estimate of drug-likeness (QED) is 0.363. The van der Waals surface area contributed by atoms with Crippen LogP contribution in [-0.2, 0) is 16.0 Å². The normalized spacial score (nSPS) is 10.6. The Morgan fingerprint density at radius 3 is 2.13 bits per heavy atom. The van der Waals surface area contributed by atoms with Crippen molar-refractivity contribution in [3.8, 4) is 17.2 Å². The van der Waals surface area contributed by atoms with E-state index in [0.717, 1.165) is 5.56 Å². The molecule has 0 aromatic heterocycles. The van der Waals surface area contributed by atoms with E-state index < -0.39 is 11.8 Å². The molecule has 0 bridgehead atoms. The van der Waals surface area contributed by atoms with Crippen molar-refractivity contribution in [2.75, 3.05) is 27.9 Å². The average Bonchev–Trinajstić information content (AvgIpc) is 2.74. The van der Waals surface area contributed by atoms with Gasteiger partial charge in [-0.15, -0.1) is 0 Å². The number of nitrogens with one attached hydrogen (secondary N) is 2. The molecule has 0 aliphatic heterocycles. The zero-order valence-corrected chi connectivity index (χ0v) is 18.1. The number of methoxy groups -OCH3 is 3. The van der Waals surface area contributed by atoms with Gasteiger partial charge in [-0.2, -0.15) is 5.10 Å². The SMILES string of the molecule is COc1cc(CCNC(=O)C(=O)N/N=C\c2c(Cl)cccc2Cl)cc(OC)c1OC. The van der Waals surface area contributed by atoms with Crippen molar-refractivity contribution in [2.45, 2.75) is 6.42 Å². The van der Waals surface area contributed by atoms with Gasteiger partial charge in [0.15, 0.2) is 11.5 Å². The lowest BCUT2D eigenvalue weighted by molar-refractivity contribution is -0.139. The Morgan fingerprint density at radius 1 is 1.00 bits per heavy atom. The highest BCUT2D eigenvalue weighted by Crippen LogP contribution is 2.38. The minimum absolute atomic E-state index is 0.213. The van der Waals surface area contributed by atoms with E-state index in [2.05, 4.69) is 15.8 Å². The molecule has 0 aliphatic rings. The summed E-state index contributed by atoms with van der Waals surface area (Å²) in [6.45, 7) is 0.213. The van der Waals surface area contributed by atoms with Gasteiger partial charge in [-0.05, 0) is 36.2 Å². The van der Waals surface area contributed by atoms with Crippen LogP contribution in [0, 0.1) is 0 Å². The van der Waals surface area contributed by atoms with Gasteiger partial charge in [0.25, 0.3) is 0 Å². The van der Waals surface area contributed by atoms with E-state index in [-0.39, 0.29) is 6.54 Å². The van der Waals surface area contributed by atoms with Crippen molar-refractivity contribution in [2.24, 2.45) is 5.10 Å². The van der Waals surface area contributed by atoms with Crippen molar-refractivity contribution in [3.63, 3.8) is 0 Å². The van der Waals surface area contributed by atoms with E-state index in [1.54, 1.807) is 30.3 Å². The maximum absolute atomic E-state index is 11.9. The highest BCUT2D eigenvalue weighted by atomic mass is 35.5. The second-order valence-corrected chi connectivity index (χ2v) is 6.69. The lowest BCUT2D eigenvalue weighted by atomic mass is 10.1. The third-order valence-corrected chi connectivity index (χ3v) is 4.65. The smallest absolute Gasteiger partial charge is 0.329 e. The molecular weight excluding hydrogens is 433 g/mol. The van der Waals surface area contributed by atoms with E-state index in [1.807, 2.05) is 0 Å². The topological polar surface area (TPSA) is 98.2 Å². The summed E-state index contributed by atoms with van der Waals surface area (Å²) in [6, 6.07) is 8.48. The van der Waals surface area contributed by atoms with Gasteiger partial charge in [0.2, 0.25) is 5.75 Å². The van der Waals surface area contributed by atoms with Gasteiger partial charge in [-0.25, -0.2) is 5.43 Å². The molecule has 0 unspecified atom stereocenters. The van der Waals surface area contributed by atoms with Crippen LogP contribution in [0.4, 0.5) is 0 Å². The predicted octanol–water partition coefficient (Wildman–Crippen LogP) is 2.83. The number of carbonyl (C=O) groups excluding carboxylic acids is 2. The molecule has 160 valence electrons. The number of benzene rings is 2. The predicted molar refractivity (Wildman–Crippen MR) is 115 cm³/mol. The minimum atomic E-state index is -0.917. The fourth-order valence-corrected chi connectivity index (χ4v) is 3.02. The van der Waals surface area contributed by atoms with Crippen molar-refractivity contribution >= 4 is 41.2 Å². The van der Waals surface area contributed by atoms with Crippen molar-refractivity contribution in [3.05, 3.63) is 51.5 Å². The number of amides is 2. The molecule has 0 fully saturated rings. The zero-order valence-electron chi connectivity index (χ0n) is 16.6. The summed E-state index contributed by atoms with van der Waals surface area (Å²) in [6.07, 6.45) is 1.71. The van der Waals surface area contributed by atoms with Gasteiger partial charge in [-0.3, -0.25) is 9.59 Å². The van der Waals surface area contributed by atoms with Crippen molar-refractivity contribution in [1.29, 1.82) is 0 Å². The van der Waals surface area contributed by atoms with Crippen LogP contribution >= 0.6 is 23.2 Å². The third-order valence-electron chi connectivity index (χ3n) is 3.99. The van der Waals surface area contributed by atoms with Crippen molar-refractivity contribution < 1.29 is 23.8 Å². The Bertz CT molecular complexity index is 905. The van der Waals surface area contributed by atoms with Gasteiger partial charge in [-0.1, -0.05) is 29.3 Å². The summed E-state index contributed by atoms with van der Waals surface area (Å²) >= 11 is 12.0. The highest BCUT2D eigenvalue weighted by molar-refractivity contribution is 6.38. The molecule has 2 N–H and O–H groups in total. The number of halogens is 2. The van der Waals surface area contributed by atoms with Gasteiger partial charge >= 0.3 is 11.8 Å². The molecule has 8 nitrogen and oxygen atoms in total. The molecule has 0 saturated carbocycles. The lowest BCUT2D eigenvalue weighted by Crippen LogP contribution is -2.38. The first kappa shape index (κ1) is 23.3. The van der Waals surface area contributed by atoms with E-state index in [4.69, 9.17) is 37.4 Å². The number of carbonyl (C=O) groups is 2. The summed E-state index contributed by atoms with van der Waals surface area (Å²) in [5, 5.41) is 6.97. The number of nitrogens with zero attached hydrogens (tertiary/aromatic N) is 1. The molecule has 10 heteroatoms. The molecule has 2 aromatic rings. The molecule has 0 spiro atoms. The van der Waals surface area contributed by atoms with Gasteiger partial charge in [0, 0.05) is 12.1 Å². The van der Waals surface area contributed by atoms with E-state index >= 15 is 0 Å².